The summed E-state index contributed by atoms with van der Waals surface area (Å²) >= 11 is 0. The van der Waals surface area contributed by atoms with Crippen LogP contribution in [0.15, 0.2) is 16.7 Å². The monoisotopic (exact) mass is 193 g/mol. The molecule has 2 aliphatic rings. The Bertz CT molecular complexity index is 315. The van der Waals surface area contributed by atoms with Gasteiger partial charge in [0.15, 0.2) is 0 Å². The van der Waals surface area contributed by atoms with E-state index in [0.29, 0.717) is 12.0 Å². The van der Waals surface area contributed by atoms with E-state index in [2.05, 4.69) is 11.4 Å². The van der Waals surface area contributed by atoms with Crippen molar-refractivity contribution in [2.45, 2.75) is 18.9 Å². The first kappa shape index (κ1) is 8.50. The summed E-state index contributed by atoms with van der Waals surface area (Å²) in [6.45, 7) is 2.83. The lowest BCUT2D eigenvalue weighted by atomic mass is 9.89. The fourth-order valence-electron chi connectivity index (χ4n) is 2.52. The molecular formula is C11H15NO2. The maximum absolute atomic E-state index is 5.46. The van der Waals surface area contributed by atoms with E-state index >= 15 is 0 Å². The van der Waals surface area contributed by atoms with Crippen LogP contribution >= 0.6 is 0 Å². The molecule has 2 atom stereocenters. The molecule has 3 rings (SSSR count). The Morgan fingerprint density at radius 1 is 1.43 bits per heavy atom. The number of ether oxygens (including phenoxy) is 1. The number of fused-ring (bicyclic) bond motifs is 1. The van der Waals surface area contributed by atoms with Gasteiger partial charge in [0, 0.05) is 37.1 Å². The first-order valence-electron chi connectivity index (χ1n) is 5.32. The van der Waals surface area contributed by atoms with Crippen molar-refractivity contribution in [3.8, 4) is 0 Å². The second-order valence-corrected chi connectivity index (χ2v) is 4.10. The molecule has 1 aromatic rings. The zero-order valence-corrected chi connectivity index (χ0v) is 8.16. The van der Waals surface area contributed by atoms with Gasteiger partial charge in [0.2, 0.25) is 0 Å². The normalized spacial score (nSPS) is 31.7. The Balaban J connectivity index is 1.88. The van der Waals surface area contributed by atoms with E-state index < -0.39 is 0 Å². The first-order chi connectivity index (χ1) is 6.95. The molecule has 1 N–H and O–H groups in total. The molecule has 0 bridgehead atoms. The Morgan fingerprint density at radius 2 is 2.43 bits per heavy atom. The summed E-state index contributed by atoms with van der Waals surface area (Å²) in [7, 11) is 0. The van der Waals surface area contributed by atoms with Crippen LogP contribution in [0, 0.1) is 5.92 Å². The van der Waals surface area contributed by atoms with E-state index in [1.54, 1.807) is 6.26 Å². The second kappa shape index (κ2) is 3.41. The van der Waals surface area contributed by atoms with Crippen LogP contribution < -0.4 is 5.32 Å². The van der Waals surface area contributed by atoms with E-state index in [1.165, 1.54) is 17.7 Å². The van der Waals surface area contributed by atoms with Crippen molar-refractivity contribution in [3.05, 3.63) is 23.7 Å². The molecule has 1 saturated heterocycles. The third-order valence-electron chi connectivity index (χ3n) is 3.27. The number of hydrogen-bond acceptors (Lipinski definition) is 3. The molecule has 76 valence electrons. The van der Waals surface area contributed by atoms with Gasteiger partial charge in [-0.05, 0) is 12.5 Å². The van der Waals surface area contributed by atoms with Crippen LogP contribution in [0.3, 0.4) is 0 Å². The van der Waals surface area contributed by atoms with Gasteiger partial charge in [0.1, 0.15) is 5.76 Å². The van der Waals surface area contributed by atoms with Gasteiger partial charge in [-0.2, -0.15) is 0 Å². The lowest BCUT2D eigenvalue weighted by Crippen LogP contribution is -2.34. The van der Waals surface area contributed by atoms with Crippen molar-refractivity contribution in [1.29, 1.82) is 0 Å². The van der Waals surface area contributed by atoms with Crippen molar-refractivity contribution in [2.75, 3.05) is 19.8 Å². The van der Waals surface area contributed by atoms with E-state index in [1.807, 2.05) is 0 Å². The van der Waals surface area contributed by atoms with Crippen molar-refractivity contribution < 1.29 is 9.15 Å². The highest BCUT2D eigenvalue weighted by molar-refractivity contribution is 5.25. The molecule has 2 unspecified atom stereocenters. The summed E-state index contributed by atoms with van der Waals surface area (Å²) in [5.41, 5.74) is 1.35. The van der Waals surface area contributed by atoms with Gasteiger partial charge in [-0.25, -0.2) is 0 Å². The van der Waals surface area contributed by atoms with Crippen molar-refractivity contribution in [2.24, 2.45) is 5.92 Å². The predicted molar refractivity (Wildman–Crippen MR) is 52.1 cm³/mol. The molecule has 3 heterocycles. The molecule has 0 spiro atoms. The van der Waals surface area contributed by atoms with Gasteiger partial charge in [-0.15, -0.1) is 0 Å². The highest BCUT2D eigenvalue weighted by Gasteiger charge is 2.31. The topological polar surface area (TPSA) is 34.4 Å². The molecule has 0 aliphatic carbocycles. The summed E-state index contributed by atoms with van der Waals surface area (Å²) in [6.07, 6.45) is 4.00. The lowest BCUT2D eigenvalue weighted by Gasteiger charge is -2.27. The Hall–Kier alpha value is -0.800. The average molecular weight is 193 g/mol. The van der Waals surface area contributed by atoms with Gasteiger partial charge >= 0.3 is 0 Å². The maximum Gasteiger partial charge on any atom is 0.109 e. The second-order valence-electron chi connectivity index (χ2n) is 4.10. The summed E-state index contributed by atoms with van der Waals surface area (Å²) < 4.78 is 10.9. The average Bonchev–Trinajstić information content (AvgIpc) is 2.88. The van der Waals surface area contributed by atoms with Crippen LogP contribution in [0.4, 0.5) is 0 Å². The minimum Gasteiger partial charge on any atom is -0.469 e. The van der Waals surface area contributed by atoms with Crippen LogP contribution in [-0.2, 0) is 11.2 Å². The molecule has 3 nitrogen and oxygen atoms in total. The van der Waals surface area contributed by atoms with Crippen LogP contribution in [0.2, 0.25) is 0 Å². The predicted octanol–water partition coefficient (Wildman–Crippen LogP) is 1.50. The van der Waals surface area contributed by atoms with Gasteiger partial charge in [-0.1, -0.05) is 0 Å². The molecule has 0 saturated carbocycles. The van der Waals surface area contributed by atoms with Crippen LogP contribution in [0.25, 0.3) is 0 Å². The molecule has 1 fully saturated rings. The largest absolute Gasteiger partial charge is 0.469 e. The summed E-state index contributed by atoms with van der Waals surface area (Å²) in [6, 6.07) is 2.56. The third-order valence-corrected chi connectivity index (χ3v) is 3.27. The smallest absolute Gasteiger partial charge is 0.109 e. The molecule has 1 aromatic heterocycles. The Morgan fingerprint density at radius 3 is 3.29 bits per heavy atom. The maximum atomic E-state index is 5.46. The van der Waals surface area contributed by atoms with Crippen LogP contribution in [0.5, 0.6) is 0 Å². The van der Waals surface area contributed by atoms with Gasteiger partial charge in [-0.3, -0.25) is 0 Å². The molecule has 14 heavy (non-hydrogen) atoms. The van der Waals surface area contributed by atoms with Gasteiger partial charge in [0.05, 0.1) is 12.9 Å². The molecule has 0 amide bonds. The SMILES string of the molecule is c1cc2c(o1)CCNC2C1CCOC1. The van der Waals surface area contributed by atoms with E-state index in [0.717, 1.165) is 26.2 Å². The molecule has 0 radical (unpaired) electrons. The Kier molecular flexibility index (Phi) is 2.07. The number of rotatable bonds is 1. The quantitative estimate of drug-likeness (QED) is 0.734. The van der Waals surface area contributed by atoms with Crippen molar-refractivity contribution in [3.63, 3.8) is 0 Å². The lowest BCUT2D eigenvalue weighted by molar-refractivity contribution is 0.175. The molecule has 0 aromatic carbocycles. The number of hydrogen-bond donors (Lipinski definition) is 1. The zero-order chi connectivity index (χ0) is 9.38. The molecule has 2 aliphatic heterocycles. The highest BCUT2D eigenvalue weighted by Crippen LogP contribution is 2.33. The molecular weight excluding hydrogens is 178 g/mol. The van der Waals surface area contributed by atoms with Crippen molar-refractivity contribution in [1.82, 2.24) is 5.32 Å². The molecule has 3 heteroatoms. The summed E-state index contributed by atoms with van der Waals surface area (Å²) in [4.78, 5) is 0. The Labute approximate surface area is 83.4 Å². The van der Waals surface area contributed by atoms with Gasteiger partial charge in [0.25, 0.3) is 0 Å². The minimum absolute atomic E-state index is 0.458. The fourth-order valence-corrected chi connectivity index (χ4v) is 2.52. The zero-order valence-electron chi connectivity index (χ0n) is 8.16. The van der Waals surface area contributed by atoms with Crippen LogP contribution in [-0.4, -0.2) is 19.8 Å². The summed E-state index contributed by atoms with van der Waals surface area (Å²) in [5, 5.41) is 3.56. The number of furan rings is 1. The highest BCUT2D eigenvalue weighted by atomic mass is 16.5. The first-order valence-corrected chi connectivity index (χ1v) is 5.32. The van der Waals surface area contributed by atoms with E-state index in [-0.39, 0.29) is 0 Å². The third kappa shape index (κ3) is 1.28. The van der Waals surface area contributed by atoms with Crippen LogP contribution in [0.1, 0.15) is 23.8 Å². The summed E-state index contributed by atoms with van der Waals surface area (Å²) in [5.74, 6) is 1.80. The van der Waals surface area contributed by atoms with E-state index in [4.69, 9.17) is 9.15 Å². The minimum atomic E-state index is 0.458. The fraction of sp³-hybridized carbons (Fsp3) is 0.636. The van der Waals surface area contributed by atoms with E-state index in [9.17, 15) is 0 Å². The number of nitrogens with one attached hydrogen (secondary N) is 1. The van der Waals surface area contributed by atoms with Crippen molar-refractivity contribution >= 4 is 0 Å². The standard InChI is InChI=1S/C11H15NO2/c1-4-12-11(8-2-5-13-7-8)9-3-6-14-10(1)9/h3,6,8,11-12H,1-2,4-5,7H2. The van der Waals surface area contributed by atoms with Gasteiger partial charge < -0.3 is 14.5 Å².